The Bertz CT molecular complexity index is 757. The van der Waals surface area contributed by atoms with E-state index in [1.165, 1.54) is 66.8 Å². The quantitative estimate of drug-likeness (QED) is 0.172. The Morgan fingerprint density at radius 3 is 2.72 bits per heavy atom. The molecule has 0 aromatic heterocycles. The van der Waals surface area contributed by atoms with Crippen LogP contribution in [0, 0.1) is 19.3 Å². The summed E-state index contributed by atoms with van der Waals surface area (Å²) in [7, 11) is 0. The van der Waals surface area contributed by atoms with Crippen LogP contribution in [0.25, 0.3) is 0 Å². The summed E-state index contributed by atoms with van der Waals surface area (Å²) in [5.41, 5.74) is 5.25. The van der Waals surface area contributed by atoms with E-state index >= 15 is 0 Å². The van der Waals surface area contributed by atoms with Crippen molar-refractivity contribution in [1.82, 2.24) is 10.2 Å². The van der Waals surface area contributed by atoms with Gasteiger partial charge in [0.25, 0.3) is 0 Å². The maximum absolute atomic E-state index is 5.36. The number of piperidine rings is 1. The Kier molecular flexibility index (Phi) is 15.2. The van der Waals surface area contributed by atoms with Gasteiger partial charge in [0, 0.05) is 23.2 Å². The number of allylic oxidation sites excluding steroid dienone is 3. The van der Waals surface area contributed by atoms with E-state index in [9.17, 15) is 0 Å². The highest BCUT2D eigenvalue weighted by molar-refractivity contribution is 7.99. The average molecular weight is 455 g/mol. The van der Waals surface area contributed by atoms with Gasteiger partial charge in [0.1, 0.15) is 0 Å². The first-order chi connectivity index (χ1) is 15.4. The van der Waals surface area contributed by atoms with E-state index in [1.54, 1.807) is 0 Å². The predicted molar refractivity (Wildman–Crippen MR) is 145 cm³/mol. The van der Waals surface area contributed by atoms with E-state index in [4.69, 9.17) is 6.42 Å². The van der Waals surface area contributed by atoms with E-state index in [0.717, 1.165) is 30.5 Å². The van der Waals surface area contributed by atoms with Crippen LogP contribution in [0.4, 0.5) is 0 Å². The molecule has 2 nitrogen and oxygen atoms in total. The van der Waals surface area contributed by atoms with Gasteiger partial charge in [-0.3, -0.25) is 0 Å². The van der Waals surface area contributed by atoms with Crippen molar-refractivity contribution in [1.29, 1.82) is 0 Å². The number of nitrogens with one attached hydrogen (secondary N) is 1. The van der Waals surface area contributed by atoms with Gasteiger partial charge in [0.15, 0.2) is 0 Å². The molecular formula is C29H46N2S. The maximum atomic E-state index is 5.36. The third-order valence-electron chi connectivity index (χ3n) is 5.58. The topological polar surface area (TPSA) is 15.3 Å². The minimum absolute atomic E-state index is 0.763. The van der Waals surface area contributed by atoms with Crippen LogP contribution in [-0.2, 0) is 6.54 Å². The largest absolute Gasteiger partial charge is 0.313 e. The minimum atomic E-state index is 0.763. The van der Waals surface area contributed by atoms with Crippen molar-refractivity contribution in [2.45, 2.75) is 91.1 Å². The lowest BCUT2D eigenvalue weighted by Gasteiger charge is -2.33. The summed E-state index contributed by atoms with van der Waals surface area (Å²) in [5.74, 6) is 3.58. The molecule has 0 amide bonds. The van der Waals surface area contributed by atoms with Gasteiger partial charge in [0.05, 0.1) is 0 Å². The van der Waals surface area contributed by atoms with Crippen LogP contribution >= 0.6 is 11.8 Å². The molecule has 0 saturated carbocycles. The lowest BCUT2D eigenvalue weighted by molar-refractivity contribution is 0.159. The van der Waals surface area contributed by atoms with Crippen molar-refractivity contribution >= 4 is 11.8 Å². The molecule has 32 heavy (non-hydrogen) atoms. The zero-order valence-corrected chi connectivity index (χ0v) is 22.3. The minimum Gasteiger partial charge on any atom is -0.313 e. The summed E-state index contributed by atoms with van der Waals surface area (Å²) in [6.45, 7) is 17.6. The molecule has 1 saturated heterocycles. The van der Waals surface area contributed by atoms with Gasteiger partial charge in [-0.05, 0) is 89.4 Å². The Morgan fingerprint density at radius 2 is 2.03 bits per heavy atom. The van der Waals surface area contributed by atoms with Crippen molar-refractivity contribution < 1.29 is 0 Å². The molecule has 1 aliphatic heterocycles. The SMILES string of the molecule is C#C/C=C(C)\C=C(/C)CSc1c(C)cccc1CNCCCN1CCCCC1C.CCC. The number of hydrogen-bond donors (Lipinski definition) is 1. The fourth-order valence-electron chi connectivity index (χ4n) is 3.97. The van der Waals surface area contributed by atoms with Gasteiger partial charge >= 0.3 is 0 Å². The summed E-state index contributed by atoms with van der Waals surface area (Å²) in [6.07, 6.45) is 16.0. The number of hydrogen-bond acceptors (Lipinski definition) is 3. The molecule has 178 valence electrons. The summed E-state index contributed by atoms with van der Waals surface area (Å²) < 4.78 is 0. The van der Waals surface area contributed by atoms with Gasteiger partial charge in [-0.2, -0.15) is 0 Å². The van der Waals surface area contributed by atoms with Crippen molar-refractivity contribution in [2.24, 2.45) is 0 Å². The number of rotatable bonds is 10. The molecule has 1 atom stereocenters. The monoisotopic (exact) mass is 454 g/mol. The predicted octanol–water partition coefficient (Wildman–Crippen LogP) is 7.38. The number of aryl methyl sites for hydroxylation is 1. The lowest BCUT2D eigenvalue weighted by Crippen LogP contribution is -2.38. The van der Waals surface area contributed by atoms with Crippen LogP contribution < -0.4 is 5.32 Å². The van der Waals surface area contributed by atoms with Gasteiger partial charge < -0.3 is 10.2 Å². The summed E-state index contributed by atoms with van der Waals surface area (Å²) in [5, 5.41) is 3.67. The Hall–Kier alpha value is -1.47. The molecule has 3 heteroatoms. The fraction of sp³-hybridized carbons (Fsp3) is 0.586. The second-order valence-corrected chi connectivity index (χ2v) is 10.0. The maximum Gasteiger partial charge on any atom is 0.0216 e. The Balaban J connectivity index is 0.00000161. The van der Waals surface area contributed by atoms with Crippen LogP contribution in [0.1, 0.15) is 77.8 Å². The zero-order valence-electron chi connectivity index (χ0n) is 21.5. The number of terminal acetylenes is 1. The number of likely N-dealkylation sites (tertiary alicyclic amines) is 1. The van der Waals surface area contributed by atoms with Crippen LogP contribution in [-0.4, -0.2) is 36.3 Å². The highest BCUT2D eigenvalue weighted by atomic mass is 32.2. The first-order valence-corrected chi connectivity index (χ1v) is 13.4. The van der Waals surface area contributed by atoms with E-state index < -0.39 is 0 Å². The first kappa shape index (κ1) is 28.6. The van der Waals surface area contributed by atoms with Crippen molar-refractivity contribution in [3.8, 4) is 12.3 Å². The average Bonchev–Trinajstić information content (AvgIpc) is 2.75. The van der Waals surface area contributed by atoms with E-state index in [2.05, 4.69) is 82.0 Å². The van der Waals surface area contributed by atoms with Crippen molar-refractivity contribution in [3.05, 3.63) is 52.6 Å². The molecule has 0 spiro atoms. The van der Waals surface area contributed by atoms with Crippen molar-refractivity contribution in [2.75, 3.05) is 25.4 Å². The summed E-state index contributed by atoms with van der Waals surface area (Å²) in [4.78, 5) is 4.07. The molecule has 1 unspecified atom stereocenters. The van der Waals surface area contributed by atoms with Gasteiger partial charge in [-0.15, -0.1) is 18.2 Å². The Morgan fingerprint density at radius 1 is 1.28 bits per heavy atom. The van der Waals surface area contributed by atoms with Crippen molar-refractivity contribution in [3.63, 3.8) is 0 Å². The van der Waals surface area contributed by atoms with Crippen LogP contribution in [0.2, 0.25) is 0 Å². The second-order valence-electron chi connectivity index (χ2n) is 9.02. The third kappa shape index (κ3) is 11.4. The Labute approximate surface area is 203 Å². The van der Waals surface area contributed by atoms with Crippen LogP contribution in [0.3, 0.4) is 0 Å². The number of nitrogens with zero attached hydrogens (tertiary/aromatic N) is 1. The normalized spacial score (nSPS) is 17.5. The first-order valence-electron chi connectivity index (χ1n) is 12.4. The fourth-order valence-corrected chi connectivity index (χ4v) is 5.05. The molecule has 1 heterocycles. The number of thioether (sulfide) groups is 1. The molecular weight excluding hydrogens is 408 g/mol. The molecule has 0 aliphatic carbocycles. The standard InChI is InChI=1S/C26H38N2S.C3H8/c1-6-11-21(2)18-22(3)20-29-26-23(4)12-9-14-25(26)19-27-15-10-17-28-16-8-7-13-24(28)5;1-3-2/h1,9,11-12,14,18,24,27H,7-8,10,13,15-17,19-20H2,2-5H3;3H2,1-2H3/b21-11-,22-18+;. The smallest absolute Gasteiger partial charge is 0.0216 e. The third-order valence-corrected chi connectivity index (χ3v) is 7.05. The lowest BCUT2D eigenvalue weighted by atomic mass is 10.0. The highest BCUT2D eigenvalue weighted by Gasteiger charge is 2.17. The van der Waals surface area contributed by atoms with Crippen LogP contribution in [0.5, 0.6) is 0 Å². The summed E-state index contributed by atoms with van der Waals surface area (Å²) >= 11 is 1.93. The van der Waals surface area contributed by atoms with E-state index in [-0.39, 0.29) is 0 Å². The van der Waals surface area contributed by atoms with E-state index in [0.29, 0.717) is 0 Å². The van der Waals surface area contributed by atoms with Crippen LogP contribution in [0.15, 0.2) is 46.4 Å². The van der Waals surface area contributed by atoms with E-state index in [1.807, 2.05) is 17.8 Å². The highest BCUT2D eigenvalue weighted by Crippen LogP contribution is 2.28. The molecule has 1 aliphatic rings. The molecule has 1 fully saturated rings. The summed E-state index contributed by atoms with van der Waals surface area (Å²) in [6, 6.07) is 7.41. The zero-order chi connectivity index (χ0) is 23.8. The van der Waals surface area contributed by atoms with Gasteiger partial charge in [-0.25, -0.2) is 0 Å². The second kappa shape index (κ2) is 17.1. The van der Waals surface area contributed by atoms with Gasteiger partial charge in [0.2, 0.25) is 0 Å². The molecule has 0 bridgehead atoms. The molecule has 1 aromatic carbocycles. The molecule has 1 aromatic rings. The number of benzene rings is 1. The van der Waals surface area contributed by atoms with Gasteiger partial charge in [-0.1, -0.05) is 62.5 Å². The molecule has 1 N–H and O–H groups in total. The molecule has 2 rings (SSSR count). The molecule has 0 radical (unpaired) electrons.